The lowest BCUT2D eigenvalue weighted by Crippen LogP contribution is -2.49. The Bertz CT molecular complexity index is 392. The maximum Gasteiger partial charge on any atom is 0.416 e. The van der Waals surface area contributed by atoms with E-state index >= 15 is 0 Å². The summed E-state index contributed by atoms with van der Waals surface area (Å²) in [5.41, 5.74) is -0.645. The second kappa shape index (κ2) is 4.52. The maximum absolute atomic E-state index is 12.6. The molecule has 0 aliphatic carbocycles. The average molecular weight is 245 g/mol. The molecule has 94 valence electrons. The summed E-state index contributed by atoms with van der Waals surface area (Å²) < 4.78 is 37.7. The number of rotatable bonds is 1. The number of anilines is 1. The van der Waals surface area contributed by atoms with Crippen LogP contribution in [0.1, 0.15) is 12.5 Å². The Morgan fingerprint density at radius 2 is 2.24 bits per heavy atom. The third-order valence-electron chi connectivity index (χ3n) is 2.77. The average Bonchev–Trinajstić information content (AvgIpc) is 2.28. The van der Waals surface area contributed by atoms with Crippen LogP contribution in [0.5, 0.6) is 0 Å². The summed E-state index contributed by atoms with van der Waals surface area (Å²) in [6, 6.07) is 2.37. The van der Waals surface area contributed by atoms with Crippen molar-refractivity contribution in [3.05, 3.63) is 23.9 Å². The van der Waals surface area contributed by atoms with Crippen LogP contribution in [0.25, 0.3) is 0 Å². The van der Waals surface area contributed by atoms with E-state index in [4.69, 9.17) is 0 Å². The van der Waals surface area contributed by atoms with E-state index in [0.717, 1.165) is 18.7 Å². The zero-order valence-electron chi connectivity index (χ0n) is 9.46. The van der Waals surface area contributed by atoms with Gasteiger partial charge < -0.3 is 10.2 Å². The van der Waals surface area contributed by atoms with Crippen LogP contribution < -0.4 is 10.2 Å². The number of aromatic nitrogens is 1. The Kier molecular flexibility index (Phi) is 3.24. The minimum Gasteiger partial charge on any atom is -0.354 e. The highest BCUT2D eigenvalue weighted by Crippen LogP contribution is 2.30. The van der Waals surface area contributed by atoms with Gasteiger partial charge in [0, 0.05) is 31.9 Å². The molecule has 0 aromatic carbocycles. The van der Waals surface area contributed by atoms with Crippen molar-refractivity contribution >= 4 is 5.82 Å². The van der Waals surface area contributed by atoms with Gasteiger partial charge in [-0.1, -0.05) is 0 Å². The topological polar surface area (TPSA) is 28.2 Å². The van der Waals surface area contributed by atoms with Gasteiger partial charge in [0.1, 0.15) is 5.82 Å². The van der Waals surface area contributed by atoms with Crippen LogP contribution in [0.4, 0.5) is 19.0 Å². The molecule has 0 bridgehead atoms. The van der Waals surface area contributed by atoms with Gasteiger partial charge in [0.2, 0.25) is 0 Å². The molecule has 17 heavy (non-hydrogen) atoms. The molecule has 1 saturated heterocycles. The Morgan fingerprint density at radius 1 is 1.47 bits per heavy atom. The molecule has 2 rings (SSSR count). The van der Waals surface area contributed by atoms with E-state index in [0.29, 0.717) is 18.9 Å². The number of halogens is 3. The van der Waals surface area contributed by atoms with Crippen molar-refractivity contribution in [1.82, 2.24) is 10.3 Å². The predicted molar refractivity (Wildman–Crippen MR) is 58.9 cm³/mol. The van der Waals surface area contributed by atoms with Gasteiger partial charge in [0.15, 0.2) is 0 Å². The van der Waals surface area contributed by atoms with Gasteiger partial charge in [-0.2, -0.15) is 13.2 Å². The predicted octanol–water partition coefficient (Wildman–Crippen LogP) is 1.90. The normalized spacial score (nSPS) is 21.6. The highest BCUT2D eigenvalue weighted by Gasteiger charge is 2.31. The van der Waals surface area contributed by atoms with Crippen LogP contribution in [0.3, 0.4) is 0 Å². The fourth-order valence-corrected chi connectivity index (χ4v) is 1.91. The first-order valence-corrected chi connectivity index (χ1v) is 5.48. The second-order valence-corrected chi connectivity index (χ2v) is 4.20. The summed E-state index contributed by atoms with van der Waals surface area (Å²) in [6.45, 7) is 4.12. The molecule has 0 spiro atoms. The van der Waals surface area contributed by atoms with Crippen molar-refractivity contribution in [3.63, 3.8) is 0 Å². The summed E-state index contributed by atoms with van der Waals surface area (Å²) >= 11 is 0. The van der Waals surface area contributed by atoms with Crippen molar-refractivity contribution in [1.29, 1.82) is 0 Å². The molecule has 6 heteroatoms. The van der Waals surface area contributed by atoms with Crippen LogP contribution in [-0.4, -0.2) is 30.7 Å². The van der Waals surface area contributed by atoms with Crippen molar-refractivity contribution in [2.45, 2.75) is 19.1 Å². The Balaban J connectivity index is 2.21. The number of hydrogen-bond acceptors (Lipinski definition) is 3. The first-order chi connectivity index (χ1) is 7.97. The lowest BCUT2D eigenvalue weighted by atomic mass is 10.2. The minimum absolute atomic E-state index is 0.264. The largest absolute Gasteiger partial charge is 0.416 e. The second-order valence-electron chi connectivity index (χ2n) is 4.20. The number of hydrogen-bond donors (Lipinski definition) is 1. The molecule has 2 heterocycles. The summed E-state index contributed by atoms with van der Waals surface area (Å²) in [5, 5.41) is 3.23. The van der Waals surface area contributed by atoms with E-state index in [-0.39, 0.29) is 6.04 Å². The number of nitrogens with one attached hydrogen (secondary N) is 1. The third kappa shape index (κ3) is 2.88. The molecule has 0 amide bonds. The number of nitrogens with zero attached hydrogens (tertiary/aromatic N) is 2. The van der Waals surface area contributed by atoms with E-state index in [1.165, 1.54) is 6.20 Å². The molecule has 1 aromatic heterocycles. The Labute approximate surface area is 97.6 Å². The number of pyridine rings is 1. The lowest BCUT2D eigenvalue weighted by molar-refractivity contribution is -0.137. The van der Waals surface area contributed by atoms with Gasteiger partial charge in [0.25, 0.3) is 0 Å². The van der Waals surface area contributed by atoms with Gasteiger partial charge in [-0.15, -0.1) is 0 Å². The highest BCUT2D eigenvalue weighted by atomic mass is 19.4. The molecule has 1 fully saturated rings. The first kappa shape index (κ1) is 12.2. The van der Waals surface area contributed by atoms with Crippen molar-refractivity contribution in [3.8, 4) is 0 Å². The molecular formula is C11H14F3N3. The molecular weight excluding hydrogens is 231 g/mol. The standard InChI is InChI=1S/C11H14F3N3/c1-8-7-17(5-4-15-8)10-6-9(2-3-16-10)11(12,13)14/h2-3,6,8,15H,4-5,7H2,1H3/t8-/m0/s1. The minimum atomic E-state index is -4.31. The smallest absolute Gasteiger partial charge is 0.354 e. The third-order valence-corrected chi connectivity index (χ3v) is 2.77. The van der Waals surface area contributed by atoms with Gasteiger partial charge in [-0.25, -0.2) is 4.98 Å². The van der Waals surface area contributed by atoms with Gasteiger partial charge in [0.05, 0.1) is 5.56 Å². The first-order valence-electron chi connectivity index (χ1n) is 5.48. The van der Waals surface area contributed by atoms with E-state index < -0.39 is 11.7 Å². The molecule has 0 unspecified atom stereocenters. The summed E-state index contributed by atoms with van der Waals surface area (Å²) in [6.07, 6.45) is -3.10. The van der Waals surface area contributed by atoms with E-state index in [1.807, 2.05) is 11.8 Å². The van der Waals surface area contributed by atoms with Gasteiger partial charge in [-0.3, -0.25) is 0 Å². The van der Waals surface area contributed by atoms with Crippen LogP contribution in [-0.2, 0) is 6.18 Å². The van der Waals surface area contributed by atoms with Crippen molar-refractivity contribution < 1.29 is 13.2 Å². The zero-order valence-corrected chi connectivity index (χ0v) is 9.46. The summed E-state index contributed by atoms with van der Waals surface area (Å²) in [5.74, 6) is 0.396. The Morgan fingerprint density at radius 3 is 2.88 bits per heavy atom. The molecule has 1 atom stereocenters. The van der Waals surface area contributed by atoms with Gasteiger partial charge >= 0.3 is 6.18 Å². The number of alkyl halides is 3. The van der Waals surface area contributed by atoms with Crippen molar-refractivity contribution in [2.24, 2.45) is 0 Å². The van der Waals surface area contributed by atoms with Crippen LogP contribution >= 0.6 is 0 Å². The molecule has 0 saturated carbocycles. The maximum atomic E-state index is 12.6. The lowest BCUT2D eigenvalue weighted by Gasteiger charge is -2.32. The molecule has 1 N–H and O–H groups in total. The summed E-state index contributed by atoms with van der Waals surface area (Å²) in [7, 11) is 0. The van der Waals surface area contributed by atoms with Crippen LogP contribution in [0, 0.1) is 0 Å². The SMILES string of the molecule is C[C@H]1CN(c2cc(C(F)(F)F)ccn2)CCN1. The molecule has 0 radical (unpaired) electrons. The monoisotopic (exact) mass is 245 g/mol. The Hall–Kier alpha value is -1.30. The molecule has 1 aliphatic heterocycles. The van der Waals surface area contributed by atoms with E-state index in [1.54, 1.807) is 0 Å². The number of piperazine rings is 1. The fourth-order valence-electron chi connectivity index (χ4n) is 1.91. The van der Waals surface area contributed by atoms with E-state index in [9.17, 15) is 13.2 Å². The van der Waals surface area contributed by atoms with Crippen molar-refractivity contribution in [2.75, 3.05) is 24.5 Å². The highest BCUT2D eigenvalue weighted by molar-refractivity contribution is 5.42. The molecule has 3 nitrogen and oxygen atoms in total. The fraction of sp³-hybridized carbons (Fsp3) is 0.545. The van der Waals surface area contributed by atoms with Crippen LogP contribution in [0.2, 0.25) is 0 Å². The van der Waals surface area contributed by atoms with Crippen LogP contribution in [0.15, 0.2) is 18.3 Å². The molecule has 1 aromatic rings. The quantitative estimate of drug-likeness (QED) is 0.819. The molecule has 1 aliphatic rings. The summed E-state index contributed by atoms with van der Waals surface area (Å²) in [4.78, 5) is 5.88. The zero-order chi connectivity index (χ0) is 12.5. The van der Waals surface area contributed by atoms with E-state index in [2.05, 4.69) is 10.3 Å². The van der Waals surface area contributed by atoms with Gasteiger partial charge in [-0.05, 0) is 19.1 Å².